The first-order valence-corrected chi connectivity index (χ1v) is 21.0. The molecule has 3 N–H and O–H groups in total. The van der Waals surface area contributed by atoms with Crippen molar-refractivity contribution >= 4 is 39.9 Å². The third kappa shape index (κ3) is 10.3. The minimum absolute atomic E-state index is 0.0598. The van der Waals surface area contributed by atoms with Gasteiger partial charge in [0, 0.05) is 24.4 Å². The summed E-state index contributed by atoms with van der Waals surface area (Å²) >= 11 is 0. The van der Waals surface area contributed by atoms with Gasteiger partial charge in [0.15, 0.2) is 0 Å². The number of alkyl carbamates (subject to hydrolysis) is 1. The van der Waals surface area contributed by atoms with E-state index in [1.165, 1.54) is 23.1 Å². The van der Waals surface area contributed by atoms with Crippen molar-refractivity contribution in [2.75, 3.05) is 6.54 Å². The third-order valence-electron chi connectivity index (χ3n) is 10.7. The van der Waals surface area contributed by atoms with Gasteiger partial charge in [-0.25, -0.2) is 22.4 Å². The molecule has 0 unspecified atom stereocenters. The lowest BCUT2D eigenvalue weighted by Crippen LogP contribution is -2.58. The maximum absolute atomic E-state index is 14.5. The molecule has 4 aliphatic rings. The van der Waals surface area contributed by atoms with Crippen LogP contribution in [0.25, 0.3) is 0 Å². The summed E-state index contributed by atoms with van der Waals surface area (Å²) in [5, 5.41) is 5.25. The summed E-state index contributed by atoms with van der Waals surface area (Å²) < 4.78 is 95.1. The summed E-state index contributed by atoms with van der Waals surface area (Å²) in [6.07, 6.45) is -2.09. The molecular formula is C40H47F4N5O9S. The number of benzene rings is 2. The number of sulfonamides is 1. The van der Waals surface area contributed by atoms with E-state index in [1.54, 1.807) is 39.0 Å². The van der Waals surface area contributed by atoms with Crippen molar-refractivity contribution in [3.8, 4) is 0 Å². The predicted octanol–water partition coefficient (Wildman–Crippen LogP) is 5.20. The molecule has 0 aromatic heterocycles. The fraction of sp³-hybridized carbons (Fsp3) is 0.525. The monoisotopic (exact) mass is 849 g/mol. The Morgan fingerprint density at radius 1 is 1.00 bits per heavy atom. The predicted molar refractivity (Wildman–Crippen MR) is 203 cm³/mol. The van der Waals surface area contributed by atoms with E-state index in [-0.39, 0.29) is 38.9 Å². The topological polar surface area (TPSA) is 181 Å². The molecule has 3 aliphatic heterocycles. The lowest BCUT2D eigenvalue weighted by atomic mass is 10.0. The van der Waals surface area contributed by atoms with E-state index in [0.717, 1.165) is 23.1 Å². The largest absolute Gasteiger partial charge is 0.444 e. The van der Waals surface area contributed by atoms with Gasteiger partial charge >= 0.3 is 18.4 Å². The van der Waals surface area contributed by atoms with Gasteiger partial charge in [-0.15, -0.1) is 0 Å². The number of alkyl halides is 3. The Balaban J connectivity index is 1.26. The zero-order valence-corrected chi connectivity index (χ0v) is 33.6. The number of ether oxygens (including phenoxy) is 2. The molecule has 6 rings (SSSR count). The number of nitrogens with zero attached hydrogens (tertiary/aromatic N) is 2. The molecule has 1 aliphatic carbocycles. The molecule has 1 saturated carbocycles. The average Bonchev–Trinajstić information content (AvgIpc) is 3.42. The van der Waals surface area contributed by atoms with Crippen LogP contribution in [0.1, 0.15) is 88.0 Å². The van der Waals surface area contributed by atoms with Gasteiger partial charge in [0.2, 0.25) is 21.8 Å². The number of allylic oxidation sites excluding steroid dienone is 1. The van der Waals surface area contributed by atoms with E-state index in [0.29, 0.717) is 36.8 Å². The number of rotatable bonds is 6. The van der Waals surface area contributed by atoms with Gasteiger partial charge in [-0.2, -0.15) is 13.2 Å². The van der Waals surface area contributed by atoms with Crippen LogP contribution in [-0.4, -0.2) is 84.0 Å². The van der Waals surface area contributed by atoms with Gasteiger partial charge in [-0.1, -0.05) is 55.3 Å². The minimum atomic E-state index is -4.87. The second-order valence-electron chi connectivity index (χ2n) is 16.4. The van der Waals surface area contributed by atoms with Crippen LogP contribution >= 0.6 is 0 Å². The van der Waals surface area contributed by atoms with Crippen molar-refractivity contribution in [3.05, 3.63) is 82.7 Å². The van der Waals surface area contributed by atoms with Gasteiger partial charge in [0.25, 0.3) is 5.91 Å². The van der Waals surface area contributed by atoms with Crippen LogP contribution in [0.15, 0.2) is 54.6 Å². The third-order valence-corrected chi connectivity index (χ3v) is 11.9. The zero-order valence-electron chi connectivity index (χ0n) is 32.8. The molecule has 19 heteroatoms. The Bertz CT molecular complexity index is 2130. The Hall–Kier alpha value is -5.20. The normalized spacial score (nSPS) is 25.6. The summed E-state index contributed by atoms with van der Waals surface area (Å²) in [7, 11) is -4.75. The van der Waals surface area contributed by atoms with Gasteiger partial charge in [0.1, 0.15) is 35.1 Å². The van der Waals surface area contributed by atoms with Crippen molar-refractivity contribution in [1.82, 2.24) is 25.2 Å². The van der Waals surface area contributed by atoms with Gasteiger partial charge in [-0.3, -0.25) is 24.0 Å². The van der Waals surface area contributed by atoms with E-state index < -0.39 is 104 Å². The molecule has 0 bridgehead atoms. The van der Waals surface area contributed by atoms with Crippen LogP contribution in [0.4, 0.5) is 27.2 Å². The van der Waals surface area contributed by atoms with Crippen molar-refractivity contribution in [3.63, 3.8) is 0 Å². The van der Waals surface area contributed by atoms with Gasteiger partial charge < -0.3 is 25.0 Å². The molecule has 1 saturated heterocycles. The number of halogens is 4. The summed E-state index contributed by atoms with van der Waals surface area (Å²) in [6.45, 7) is 4.63. The molecule has 3 heterocycles. The quantitative estimate of drug-likeness (QED) is 0.260. The summed E-state index contributed by atoms with van der Waals surface area (Å²) in [6, 6.07) is 5.95. The molecule has 2 aromatic rings. The second-order valence-corrected chi connectivity index (χ2v) is 18.1. The summed E-state index contributed by atoms with van der Waals surface area (Å²) in [5.41, 5.74) is -3.63. The number of carbonyl (C=O) groups is 5. The number of amides is 5. The number of fused-ring (bicyclic) bond motifs is 3. The van der Waals surface area contributed by atoms with E-state index in [1.807, 2.05) is 4.72 Å². The van der Waals surface area contributed by atoms with Crippen molar-refractivity contribution < 1.29 is 59.4 Å². The molecule has 59 heavy (non-hydrogen) atoms. The second kappa shape index (κ2) is 16.8. The molecule has 5 amide bonds. The average molecular weight is 850 g/mol. The summed E-state index contributed by atoms with van der Waals surface area (Å²) in [5.74, 6) is -5.16. The van der Waals surface area contributed by atoms with Crippen LogP contribution < -0.4 is 15.4 Å². The zero-order chi connectivity index (χ0) is 42.9. The number of nitrogens with one attached hydrogen (secondary N) is 3. The maximum atomic E-state index is 14.5. The highest BCUT2D eigenvalue weighted by Gasteiger charge is 2.62. The van der Waals surface area contributed by atoms with Crippen LogP contribution in [0.3, 0.4) is 0 Å². The Morgan fingerprint density at radius 3 is 2.46 bits per heavy atom. The molecule has 14 nitrogen and oxygen atoms in total. The lowest BCUT2D eigenvalue weighted by Gasteiger charge is -2.30. The molecule has 0 radical (unpaired) electrons. The molecule has 320 valence electrons. The minimum Gasteiger partial charge on any atom is -0.444 e. The maximum Gasteiger partial charge on any atom is 0.416 e. The molecular weight excluding hydrogens is 803 g/mol. The van der Waals surface area contributed by atoms with Crippen LogP contribution in [0.5, 0.6) is 0 Å². The molecule has 2 fully saturated rings. The van der Waals surface area contributed by atoms with Crippen LogP contribution in [-0.2, 0) is 58.9 Å². The van der Waals surface area contributed by atoms with Crippen molar-refractivity contribution in [1.29, 1.82) is 0 Å². The van der Waals surface area contributed by atoms with Crippen LogP contribution in [0, 0.1) is 11.7 Å². The standard InChI is InChI=1S/C40H47F4N5O9S/c1-38(2,3)58-36(53)45-31-17-8-6-4-5-7-14-26-19-39(26,35(52)47-59(55,56)23-25-12-9-10-15-29(25)40(42,43)44)46-33(50)32-18-27(21-49(32)34(31)51)57-37(54)48-20-24-13-11-16-30(41)28(24)22-48/h7,9-16,26-27,31-32H,4-6,8,17-23H2,1-3H3,(H,45,53)(H,46,50)(H,47,52)/b14-7-/t26-,27-,31+,32+,39-/m1/s1. The fourth-order valence-corrected chi connectivity index (χ4v) is 8.94. The van der Waals surface area contributed by atoms with Crippen molar-refractivity contribution in [2.24, 2.45) is 5.92 Å². The highest BCUT2D eigenvalue weighted by atomic mass is 32.2. The van der Waals surface area contributed by atoms with Gasteiger partial charge in [-0.05, 0) is 69.7 Å². The number of hydrogen-bond donors (Lipinski definition) is 3. The number of hydrogen-bond acceptors (Lipinski definition) is 9. The highest BCUT2D eigenvalue weighted by Crippen LogP contribution is 2.46. The van der Waals surface area contributed by atoms with E-state index in [4.69, 9.17) is 9.47 Å². The lowest BCUT2D eigenvalue weighted by molar-refractivity contribution is -0.141. The van der Waals surface area contributed by atoms with E-state index in [9.17, 15) is 50.0 Å². The fourth-order valence-electron chi connectivity index (χ4n) is 7.74. The van der Waals surface area contributed by atoms with Crippen molar-refractivity contribution in [2.45, 2.75) is 120 Å². The smallest absolute Gasteiger partial charge is 0.416 e. The summed E-state index contributed by atoms with van der Waals surface area (Å²) in [4.78, 5) is 71.4. The Labute approximate surface area is 339 Å². The SMILES string of the molecule is CC(C)(C)OC(=O)N[C@H]1CCCCC/C=C\[C@@H]2C[C@@]2(C(=O)NS(=O)(=O)Cc2ccccc2C(F)(F)F)NC(=O)[C@@H]2C[C@@H](OC(=O)N3Cc4cccc(F)c4C3)CN2C1=O. The Kier molecular flexibility index (Phi) is 12.4. The molecule has 5 atom stereocenters. The first-order valence-electron chi connectivity index (χ1n) is 19.4. The molecule has 2 aromatic carbocycles. The van der Waals surface area contributed by atoms with Gasteiger partial charge in [0.05, 0.1) is 24.4 Å². The van der Waals surface area contributed by atoms with Crippen LogP contribution in [0.2, 0.25) is 0 Å². The van der Waals surface area contributed by atoms with E-state index >= 15 is 0 Å². The Morgan fingerprint density at radius 2 is 1.75 bits per heavy atom. The molecule has 0 spiro atoms. The van der Waals surface area contributed by atoms with E-state index in [2.05, 4.69) is 10.6 Å². The highest BCUT2D eigenvalue weighted by molar-refractivity contribution is 7.89. The first-order chi connectivity index (χ1) is 27.7. The first kappa shape index (κ1) is 43.4. The number of carbonyl (C=O) groups excluding carboxylic acids is 5.